The molecule has 0 saturated heterocycles. The fraction of sp³-hybridized carbons (Fsp3) is 0.300. The molecular formula is C20H23N5O2S. The van der Waals surface area contributed by atoms with Crippen LogP contribution in [0.15, 0.2) is 47.8 Å². The fourth-order valence-electron chi connectivity index (χ4n) is 2.86. The molecule has 8 heteroatoms. The van der Waals surface area contributed by atoms with E-state index in [1.54, 1.807) is 24.3 Å². The van der Waals surface area contributed by atoms with Crippen LogP contribution in [0.1, 0.15) is 35.7 Å². The van der Waals surface area contributed by atoms with Crippen molar-refractivity contribution in [3.8, 4) is 0 Å². The first-order chi connectivity index (χ1) is 13.5. The van der Waals surface area contributed by atoms with Gasteiger partial charge in [-0.25, -0.2) is 0 Å². The lowest BCUT2D eigenvalue weighted by atomic mass is 10.1. The normalized spacial score (nSPS) is 10.8. The monoisotopic (exact) mass is 397 g/mol. The van der Waals surface area contributed by atoms with E-state index < -0.39 is 0 Å². The summed E-state index contributed by atoms with van der Waals surface area (Å²) in [4.78, 5) is 23.8. The Labute approximate surface area is 168 Å². The number of ketones is 1. The summed E-state index contributed by atoms with van der Waals surface area (Å²) in [7, 11) is 2.00. The van der Waals surface area contributed by atoms with Crippen LogP contribution in [0.4, 0.5) is 5.69 Å². The van der Waals surface area contributed by atoms with Gasteiger partial charge in [-0.3, -0.25) is 9.59 Å². The third kappa shape index (κ3) is 4.69. The molecule has 0 saturated carbocycles. The number of aromatic nitrogens is 4. The van der Waals surface area contributed by atoms with Gasteiger partial charge >= 0.3 is 0 Å². The van der Waals surface area contributed by atoms with Crippen LogP contribution in [0, 0.1) is 0 Å². The molecule has 0 aliphatic heterocycles. The maximum atomic E-state index is 12.3. The third-order valence-corrected chi connectivity index (χ3v) is 5.35. The van der Waals surface area contributed by atoms with Gasteiger partial charge in [-0.1, -0.05) is 23.9 Å². The molecule has 0 fully saturated rings. The highest BCUT2D eigenvalue weighted by Gasteiger charge is 2.14. The molecule has 28 heavy (non-hydrogen) atoms. The summed E-state index contributed by atoms with van der Waals surface area (Å²) in [5.41, 5.74) is 2.34. The lowest BCUT2D eigenvalue weighted by Gasteiger charge is -2.09. The molecule has 0 spiro atoms. The topological polar surface area (TPSA) is 81.8 Å². The molecule has 146 valence electrons. The van der Waals surface area contributed by atoms with E-state index >= 15 is 0 Å². The van der Waals surface area contributed by atoms with Crippen LogP contribution in [0.25, 0.3) is 0 Å². The predicted octanol–water partition coefficient (Wildman–Crippen LogP) is 3.16. The van der Waals surface area contributed by atoms with E-state index in [-0.39, 0.29) is 17.4 Å². The Morgan fingerprint density at radius 3 is 2.68 bits per heavy atom. The Kier molecular flexibility index (Phi) is 6.30. The molecule has 3 aromatic rings. The van der Waals surface area contributed by atoms with Crippen LogP contribution in [0.5, 0.6) is 0 Å². The SMILES string of the molecule is CCn1c(Cc2cccn2C)nnc1SCC(=O)Nc1cccc(C(C)=O)c1. The van der Waals surface area contributed by atoms with Crippen molar-refractivity contribution in [2.45, 2.75) is 32.0 Å². The van der Waals surface area contributed by atoms with E-state index in [2.05, 4.69) is 26.1 Å². The van der Waals surface area contributed by atoms with Gasteiger partial charge in [-0.15, -0.1) is 10.2 Å². The smallest absolute Gasteiger partial charge is 0.234 e. The molecule has 0 bridgehead atoms. The second-order valence-electron chi connectivity index (χ2n) is 6.40. The third-order valence-electron chi connectivity index (χ3n) is 4.39. The van der Waals surface area contributed by atoms with Gasteiger partial charge in [0, 0.05) is 43.2 Å². The van der Waals surface area contributed by atoms with Crippen LogP contribution < -0.4 is 5.32 Å². The van der Waals surface area contributed by atoms with Gasteiger partial charge in [0.1, 0.15) is 5.82 Å². The van der Waals surface area contributed by atoms with Gasteiger partial charge < -0.3 is 14.5 Å². The maximum absolute atomic E-state index is 12.3. The Morgan fingerprint density at radius 1 is 1.18 bits per heavy atom. The number of carbonyl (C=O) groups excluding carboxylic acids is 2. The summed E-state index contributed by atoms with van der Waals surface area (Å²) < 4.78 is 4.09. The van der Waals surface area contributed by atoms with Gasteiger partial charge in [0.2, 0.25) is 5.91 Å². The molecule has 1 aromatic carbocycles. The van der Waals surface area contributed by atoms with E-state index in [1.165, 1.54) is 18.7 Å². The number of nitrogens with one attached hydrogen (secondary N) is 1. The number of hydrogen-bond acceptors (Lipinski definition) is 5. The second kappa shape index (κ2) is 8.88. The minimum absolute atomic E-state index is 0.0349. The number of thioether (sulfide) groups is 1. The fourth-order valence-corrected chi connectivity index (χ4v) is 3.68. The second-order valence-corrected chi connectivity index (χ2v) is 7.35. The highest BCUT2D eigenvalue weighted by atomic mass is 32.2. The number of anilines is 1. The van der Waals surface area contributed by atoms with Gasteiger partial charge in [-0.05, 0) is 38.1 Å². The van der Waals surface area contributed by atoms with Crippen LogP contribution >= 0.6 is 11.8 Å². The first-order valence-electron chi connectivity index (χ1n) is 9.04. The molecule has 0 aliphatic carbocycles. The molecular weight excluding hydrogens is 374 g/mol. The zero-order chi connectivity index (χ0) is 20.1. The first kappa shape index (κ1) is 19.9. The number of Topliss-reactive ketones (excluding diaryl/α,β-unsaturated/α-hetero) is 1. The van der Waals surface area contributed by atoms with Crippen molar-refractivity contribution in [1.29, 1.82) is 0 Å². The zero-order valence-corrected chi connectivity index (χ0v) is 17.0. The van der Waals surface area contributed by atoms with Gasteiger partial charge in [0.05, 0.1) is 5.75 Å². The van der Waals surface area contributed by atoms with Crippen molar-refractivity contribution in [2.75, 3.05) is 11.1 Å². The van der Waals surface area contributed by atoms with Crippen molar-refractivity contribution in [3.05, 3.63) is 59.7 Å². The molecule has 7 nitrogen and oxygen atoms in total. The van der Waals surface area contributed by atoms with Crippen LogP contribution in [0.3, 0.4) is 0 Å². The average Bonchev–Trinajstić information content (AvgIpc) is 3.26. The lowest BCUT2D eigenvalue weighted by Crippen LogP contribution is -2.15. The molecule has 2 heterocycles. The van der Waals surface area contributed by atoms with Crippen molar-refractivity contribution in [3.63, 3.8) is 0 Å². The number of hydrogen-bond donors (Lipinski definition) is 1. The van der Waals surface area contributed by atoms with Crippen molar-refractivity contribution < 1.29 is 9.59 Å². The molecule has 2 aromatic heterocycles. The molecule has 0 radical (unpaired) electrons. The zero-order valence-electron chi connectivity index (χ0n) is 16.2. The first-order valence-corrected chi connectivity index (χ1v) is 10.0. The standard InChI is InChI=1S/C20H23N5O2S/c1-4-25-18(12-17-9-6-10-24(17)3)22-23-20(25)28-13-19(27)21-16-8-5-7-15(11-16)14(2)26/h5-11H,4,12-13H2,1-3H3,(H,21,27). The number of aryl methyl sites for hydroxylation is 1. The minimum Gasteiger partial charge on any atom is -0.354 e. The van der Waals surface area contributed by atoms with E-state index in [0.717, 1.165) is 23.2 Å². The number of nitrogens with zero attached hydrogens (tertiary/aromatic N) is 4. The van der Waals surface area contributed by atoms with E-state index in [9.17, 15) is 9.59 Å². The summed E-state index contributed by atoms with van der Waals surface area (Å²) >= 11 is 1.35. The summed E-state index contributed by atoms with van der Waals surface area (Å²) in [6.45, 7) is 4.27. The summed E-state index contributed by atoms with van der Waals surface area (Å²) in [5, 5.41) is 12.1. The van der Waals surface area contributed by atoms with Gasteiger partial charge in [0.15, 0.2) is 10.9 Å². The Morgan fingerprint density at radius 2 is 2.00 bits per heavy atom. The molecule has 1 amide bonds. The molecule has 0 atom stereocenters. The molecule has 0 aliphatic rings. The number of carbonyl (C=O) groups is 2. The lowest BCUT2D eigenvalue weighted by molar-refractivity contribution is -0.113. The van der Waals surface area contributed by atoms with Crippen molar-refractivity contribution in [1.82, 2.24) is 19.3 Å². The summed E-state index contributed by atoms with van der Waals surface area (Å²) in [5.74, 6) is 0.904. The van der Waals surface area contributed by atoms with Crippen molar-refractivity contribution in [2.24, 2.45) is 7.05 Å². The Balaban J connectivity index is 1.62. The van der Waals surface area contributed by atoms with E-state index in [1.807, 2.05) is 30.8 Å². The quantitative estimate of drug-likeness (QED) is 0.466. The number of rotatable bonds is 8. The number of benzene rings is 1. The Bertz CT molecular complexity index is 992. The van der Waals surface area contributed by atoms with Crippen LogP contribution in [-0.4, -0.2) is 36.8 Å². The van der Waals surface area contributed by atoms with Gasteiger partial charge in [-0.2, -0.15) is 0 Å². The molecule has 3 rings (SSSR count). The van der Waals surface area contributed by atoms with Gasteiger partial charge in [0.25, 0.3) is 0 Å². The average molecular weight is 398 g/mol. The highest BCUT2D eigenvalue weighted by molar-refractivity contribution is 7.99. The van der Waals surface area contributed by atoms with E-state index in [0.29, 0.717) is 17.7 Å². The predicted molar refractivity (Wildman–Crippen MR) is 110 cm³/mol. The minimum atomic E-state index is -0.152. The Hall–Kier alpha value is -2.87. The highest BCUT2D eigenvalue weighted by Crippen LogP contribution is 2.20. The molecule has 0 unspecified atom stereocenters. The summed E-state index contributed by atoms with van der Waals surface area (Å²) in [6, 6.07) is 11.0. The number of amides is 1. The van der Waals surface area contributed by atoms with E-state index in [4.69, 9.17) is 0 Å². The maximum Gasteiger partial charge on any atom is 0.234 e. The largest absolute Gasteiger partial charge is 0.354 e. The van der Waals surface area contributed by atoms with Crippen LogP contribution in [-0.2, 0) is 24.8 Å². The van der Waals surface area contributed by atoms with Crippen LogP contribution in [0.2, 0.25) is 0 Å². The van der Waals surface area contributed by atoms with Crippen molar-refractivity contribution >= 4 is 29.1 Å². The summed E-state index contributed by atoms with van der Waals surface area (Å²) in [6.07, 6.45) is 2.69. The molecule has 1 N–H and O–H groups in total.